The molecule has 2 aromatic rings. The molecule has 2 fully saturated rings. The number of aryl methyl sites for hydroxylation is 1. The summed E-state index contributed by atoms with van der Waals surface area (Å²) in [6.07, 6.45) is 6.50. The van der Waals surface area contributed by atoms with Crippen LogP contribution in [0.3, 0.4) is 0 Å². The number of hydrogen-bond acceptors (Lipinski definition) is 8. The lowest BCUT2D eigenvalue weighted by Gasteiger charge is -2.30. The maximum absolute atomic E-state index is 14.1. The monoisotopic (exact) mass is 612 g/mol. The van der Waals surface area contributed by atoms with Crippen LogP contribution in [0.2, 0.25) is 0 Å². The van der Waals surface area contributed by atoms with Crippen molar-refractivity contribution >= 4 is 45.4 Å². The van der Waals surface area contributed by atoms with Gasteiger partial charge < -0.3 is 30.1 Å². The number of nitrogens with one attached hydrogen (secondary N) is 2. The minimum Gasteiger partial charge on any atom is -0.479 e. The van der Waals surface area contributed by atoms with Crippen LogP contribution < -0.4 is 15.4 Å². The normalized spacial score (nSPS) is 29.0. The Bertz CT molecular complexity index is 1430. The van der Waals surface area contributed by atoms with Gasteiger partial charge in [0.25, 0.3) is 5.19 Å². The molecule has 5 atom stereocenters. The molecule has 0 unspecified atom stereocenters. The van der Waals surface area contributed by atoms with Crippen molar-refractivity contribution in [3.05, 3.63) is 35.9 Å². The van der Waals surface area contributed by atoms with E-state index in [-0.39, 0.29) is 18.9 Å². The second kappa shape index (κ2) is 12.1. The van der Waals surface area contributed by atoms with E-state index in [4.69, 9.17) is 9.47 Å². The van der Waals surface area contributed by atoms with Crippen LogP contribution in [-0.4, -0.2) is 74.7 Å². The lowest BCUT2D eigenvalue weighted by Crippen LogP contribution is -2.56. The van der Waals surface area contributed by atoms with Crippen LogP contribution in [0.1, 0.15) is 71.3 Å². The second-order valence-electron chi connectivity index (χ2n) is 12.8. The number of hydrogen-bond donors (Lipinski definition) is 3. The molecule has 1 saturated heterocycles. The molecule has 0 bridgehead atoms. The summed E-state index contributed by atoms with van der Waals surface area (Å²) in [5.74, 6) is -2.40. The van der Waals surface area contributed by atoms with Crippen molar-refractivity contribution in [3.63, 3.8) is 0 Å². The first-order chi connectivity index (χ1) is 20.3. The SMILES string of the molecule is Cc1ccc2nc(O[C@@H]3C[C@H]4C(=O)N[C@]5(C(=O)O)C[C@H]5/C=C\CCCCC[C@H](NC(=O)OC(C)(C)C)C(=O)N4C3)sc2c1. The molecule has 0 spiro atoms. The summed E-state index contributed by atoms with van der Waals surface area (Å²) in [5.41, 5.74) is -0.262. The molecule has 5 rings (SSSR count). The van der Waals surface area contributed by atoms with Gasteiger partial charge in [0.15, 0.2) is 0 Å². The van der Waals surface area contributed by atoms with Crippen LogP contribution in [0.5, 0.6) is 5.19 Å². The third kappa shape index (κ3) is 7.11. The Kier molecular flexibility index (Phi) is 8.69. The minimum absolute atomic E-state index is 0.0851. The van der Waals surface area contributed by atoms with Gasteiger partial charge in [-0.1, -0.05) is 42.4 Å². The Morgan fingerprint density at radius 3 is 2.74 bits per heavy atom. The number of allylic oxidation sites excluding steroid dienone is 1. The van der Waals surface area contributed by atoms with Crippen LogP contribution >= 0.6 is 11.3 Å². The van der Waals surface area contributed by atoms with E-state index < -0.39 is 53.2 Å². The third-order valence-electron chi connectivity index (χ3n) is 8.10. The molecule has 3 aliphatic rings. The van der Waals surface area contributed by atoms with E-state index in [1.165, 1.54) is 16.2 Å². The number of amides is 3. The average Bonchev–Trinajstić information content (AvgIpc) is 3.23. The largest absolute Gasteiger partial charge is 0.479 e. The van der Waals surface area contributed by atoms with Gasteiger partial charge in [0.1, 0.15) is 29.3 Å². The molecule has 232 valence electrons. The maximum Gasteiger partial charge on any atom is 0.408 e. The van der Waals surface area contributed by atoms with Gasteiger partial charge in [0.2, 0.25) is 11.8 Å². The van der Waals surface area contributed by atoms with E-state index in [1.807, 2.05) is 37.3 Å². The zero-order chi connectivity index (χ0) is 30.9. The van der Waals surface area contributed by atoms with Gasteiger partial charge in [-0.15, -0.1) is 0 Å². The summed E-state index contributed by atoms with van der Waals surface area (Å²) in [4.78, 5) is 58.8. The predicted octanol–water partition coefficient (Wildman–Crippen LogP) is 4.33. The first kappa shape index (κ1) is 30.8. The summed E-state index contributed by atoms with van der Waals surface area (Å²) < 4.78 is 12.6. The highest BCUT2D eigenvalue weighted by molar-refractivity contribution is 7.20. The van der Waals surface area contributed by atoms with E-state index in [1.54, 1.807) is 20.8 Å². The van der Waals surface area contributed by atoms with Crippen LogP contribution in [-0.2, 0) is 19.1 Å². The number of fused-ring (bicyclic) bond motifs is 3. The van der Waals surface area contributed by atoms with E-state index in [0.717, 1.165) is 35.0 Å². The Morgan fingerprint density at radius 1 is 1.21 bits per heavy atom. The summed E-state index contributed by atoms with van der Waals surface area (Å²) >= 11 is 1.39. The quantitative estimate of drug-likeness (QED) is 0.433. The van der Waals surface area contributed by atoms with E-state index in [0.29, 0.717) is 24.5 Å². The van der Waals surface area contributed by atoms with Gasteiger partial charge in [-0.25, -0.2) is 14.6 Å². The van der Waals surface area contributed by atoms with Crippen LogP contribution in [0.4, 0.5) is 4.79 Å². The smallest absolute Gasteiger partial charge is 0.408 e. The highest BCUT2D eigenvalue weighted by Gasteiger charge is 2.61. The molecule has 12 heteroatoms. The van der Waals surface area contributed by atoms with Crippen LogP contribution in [0.25, 0.3) is 10.2 Å². The standard InChI is InChI=1S/C31H40N4O7S/c1-18-12-13-21-24(14-18)43-29(33-21)41-20-15-23-25(36)34-31(27(38)39)16-19(31)10-8-6-5-7-9-11-22(26(37)35(23)17-20)32-28(40)42-30(2,3)4/h8,10,12-14,19-20,22-23H,5-7,9,11,15-17H2,1-4H3,(H,32,40)(H,34,36)(H,38,39)/b10-8-/t19-,20-,22+,23+,31-/m1/s1. The number of nitrogens with zero attached hydrogens (tertiary/aromatic N) is 2. The molecule has 3 N–H and O–H groups in total. The maximum atomic E-state index is 14.1. The number of alkyl carbamates (subject to hydrolysis) is 1. The molecular weight excluding hydrogens is 572 g/mol. The number of carboxylic acids is 1. The van der Waals surface area contributed by atoms with Crippen molar-refractivity contribution < 1.29 is 33.8 Å². The average molecular weight is 613 g/mol. The van der Waals surface area contributed by atoms with Crippen LogP contribution in [0.15, 0.2) is 30.4 Å². The zero-order valence-corrected chi connectivity index (χ0v) is 25.9. The van der Waals surface area contributed by atoms with E-state index in [2.05, 4.69) is 15.6 Å². The molecule has 1 aromatic carbocycles. The zero-order valence-electron chi connectivity index (χ0n) is 25.1. The fourth-order valence-corrected chi connectivity index (χ4v) is 6.78. The molecule has 1 saturated carbocycles. The Hall–Kier alpha value is -3.67. The number of carbonyl (C=O) groups is 4. The number of benzene rings is 1. The lowest BCUT2D eigenvalue weighted by atomic mass is 10.0. The van der Waals surface area contributed by atoms with E-state index >= 15 is 0 Å². The number of ether oxygens (including phenoxy) is 2. The fraction of sp³-hybridized carbons (Fsp3) is 0.581. The highest BCUT2D eigenvalue weighted by atomic mass is 32.1. The molecule has 3 heterocycles. The molecule has 1 aromatic heterocycles. The minimum atomic E-state index is -1.40. The number of carboxylic acid groups (broad SMARTS) is 1. The third-order valence-corrected chi connectivity index (χ3v) is 9.01. The first-order valence-electron chi connectivity index (χ1n) is 14.9. The fourth-order valence-electron chi connectivity index (χ4n) is 5.80. The molecule has 2 aliphatic heterocycles. The Labute approximate surface area is 255 Å². The van der Waals surface area contributed by atoms with Crippen molar-refractivity contribution in [1.29, 1.82) is 0 Å². The number of thiazole rings is 1. The van der Waals surface area contributed by atoms with Gasteiger partial charge >= 0.3 is 12.1 Å². The summed E-state index contributed by atoms with van der Waals surface area (Å²) in [5, 5.41) is 16.0. The number of carbonyl (C=O) groups excluding carboxylic acids is 3. The number of rotatable bonds is 4. The second-order valence-corrected chi connectivity index (χ2v) is 13.8. The summed E-state index contributed by atoms with van der Waals surface area (Å²) in [6, 6.07) is 4.01. The van der Waals surface area contributed by atoms with Crippen molar-refractivity contribution in [3.8, 4) is 5.19 Å². The first-order valence-corrected chi connectivity index (χ1v) is 15.7. The van der Waals surface area contributed by atoms with Gasteiger partial charge in [-0.2, -0.15) is 0 Å². The Morgan fingerprint density at radius 2 is 2.00 bits per heavy atom. The summed E-state index contributed by atoms with van der Waals surface area (Å²) in [7, 11) is 0. The van der Waals surface area contributed by atoms with Crippen molar-refractivity contribution in [2.24, 2.45) is 5.92 Å². The molecule has 43 heavy (non-hydrogen) atoms. The van der Waals surface area contributed by atoms with Gasteiger partial charge in [-0.3, -0.25) is 9.59 Å². The van der Waals surface area contributed by atoms with E-state index in [9.17, 15) is 24.3 Å². The number of aromatic nitrogens is 1. The lowest BCUT2D eigenvalue weighted by molar-refractivity contribution is -0.145. The van der Waals surface area contributed by atoms with Crippen molar-refractivity contribution in [1.82, 2.24) is 20.5 Å². The van der Waals surface area contributed by atoms with Crippen molar-refractivity contribution in [2.45, 2.75) is 102 Å². The van der Waals surface area contributed by atoms with Crippen molar-refractivity contribution in [2.75, 3.05) is 6.54 Å². The highest BCUT2D eigenvalue weighted by Crippen LogP contribution is 2.45. The Balaban J connectivity index is 1.42. The molecule has 1 aliphatic carbocycles. The summed E-state index contributed by atoms with van der Waals surface area (Å²) in [6.45, 7) is 7.32. The molecule has 0 radical (unpaired) electrons. The van der Waals surface area contributed by atoms with Gasteiger partial charge in [0.05, 0.1) is 16.8 Å². The molecule has 11 nitrogen and oxygen atoms in total. The molecular formula is C31H40N4O7S. The van der Waals surface area contributed by atoms with Gasteiger partial charge in [-0.05, 0) is 71.1 Å². The topological polar surface area (TPSA) is 147 Å². The predicted molar refractivity (Wildman–Crippen MR) is 161 cm³/mol. The molecule has 3 amide bonds. The number of aliphatic carboxylic acids is 1. The van der Waals surface area contributed by atoms with Crippen LogP contribution in [0, 0.1) is 12.8 Å². The van der Waals surface area contributed by atoms with Gasteiger partial charge in [0, 0.05) is 12.3 Å².